The number of carbonyl (C=O) groups is 1. The molecule has 24 heavy (non-hydrogen) atoms. The molecular formula is C19H16N2O2S. The molecule has 4 nitrogen and oxygen atoms in total. The minimum atomic E-state index is -0.150. The average Bonchev–Trinajstić information content (AvgIpc) is 3.34. The minimum absolute atomic E-state index is 0.150. The molecule has 1 N–H and O–H groups in total. The summed E-state index contributed by atoms with van der Waals surface area (Å²) in [5.74, 6) is 1.76. The lowest BCUT2D eigenvalue weighted by Gasteiger charge is -2.11. The molecule has 2 aromatic carbocycles. The van der Waals surface area contributed by atoms with Gasteiger partial charge in [0.05, 0.1) is 16.9 Å². The van der Waals surface area contributed by atoms with Crippen molar-refractivity contribution < 1.29 is 9.53 Å². The summed E-state index contributed by atoms with van der Waals surface area (Å²) in [6.07, 6.45) is 4.03. The van der Waals surface area contributed by atoms with Crippen molar-refractivity contribution in [2.75, 3.05) is 5.32 Å². The predicted molar refractivity (Wildman–Crippen MR) is 95.0 cm³/mol. The van der Waals surface area contributed by atoms with E-state index >= 15 is 0 Å². The Balaban J connectivity index is 1.52. The number of benzene rings is 2. The summed E-state index contributed by atoms with van der Waals surface area (Å²) in [6, 6.07) is 16.9. The first-order valence-electron chi connectivity index (χ1n) is 7.88. The van der Waals surface area contributed by atoms with Crippen LogP contribution in [0.25, 0.3) is 0 Å². The Kier molecular flexibility index (Phi) is 4.01. The Labute approximate surface area is 144 Å². The highest BCUT2D eigenvalue weighted by Crippen LogP contribution is 2.41. The molecule has 1 fully saturated rings. The second-order valence-electron chi connectivity index (χ2n) is 5.70. The molecule has 0 atom stereocenters. The first-order chi connectivity index (χ1) is 11.8. The molecule has 3 aromatic rings. The quantitative estimate of drug-likeness (QED) is 0.708. The van der Waals surface area contributed by atoms with Gasteiger partial charge in [0.25, 0.3) is 5.91 Å². The second kappa shape index (κ2) is 6.45. The molecule has 0 aliphatic heterocycles. The van der Waals surface area contributed by atoms with E-state index in [0.29, 0.717) is 22.2 Å². The van der Waals surface area contributed by atoms with E-state index in [2.05, 4.69) is 10.3 Å². The number of amides is 1. The van der Waals surface area contributed by atoms with Crippen molar-refractivity contribution in [2.24, 2.45) is 0 Å². The summed E-state index contributed by atoms with van der Waals surface area (Å²) in [5, 5.41) is 3.99. The molecule has 1 aromatic heterocycles. The van der Waals surface area contributed by atoms with E-state index in [9.17, 15) is 4.79 Å². The summed E-state index contributed by atoms with van der Waals surface area (Å²) >= 11 is 1.48. The van der Waals surface area contributed by atoms with Gasteiger partial charge in [-0.1, -0.05) is 30.3 Å². The van der Waals surface area contributed by atoms with Crippen LogP contribution in [0.1, 0.15) is 33.4 Å². The molecule has 4 rings (SSSR count). The number of hydrogen-bond acceptors (Lipinski definition) is 4. The van der Waals surface area contributed by atoms with Gasteiger partial charge in [0, 0.05) is 5.92 Å². The number of ether oxygens (including phenoxy) is 1. The Bertz CT molecular complexity index is 857. The van der Waals surface area contributed by atoms with Crippen molar-refractivity contribution in [3.63, 3.8) is 0 Å². The van der Waals surface area contributed by atoms with Crippen LogP contribution in [0.4, 0.5) is 5.69 Å². The van der Waals surface area contributed by atoms with E-state index in [4.69, 9.17) is 4.74 Å². The van der Waals surface area contributed by atoms with Gasteiger partial charge in [0.15, 0.2) is 5.75 Å². The summed E-state index contributed by atoms with van der Waals surface area (Å²) in [7, 11) is 0. The number of hydrogen-bond donors (Lipinski definition) is 1. The second-order valence-corrected chi connectivity index (χ2v) is 6.76. The topological polar surface area (TPSA) is 51.2 Å². The first kappa shape index (κ1) is 14.9. The Hall–Kier alpha value is -2.66. The lowest BCUT2D eigenvalue weighted by molar-refractivity contribution is 0.103. The standard InChI is InChI=1S/C19H16N2O2S/c22-18(17-12-20-19(24-17)13-10-11-13)21-15-8-4-5-9-16(15)23-14-6-2-1-3-7-14/h1-9,12-13H,10-11H2,(H,21,22). The van der Waals surface area contributed by atoms with Gasteiger partial charge in [-0.2, -0.15) is 0 Å². The molecule has 0 unspecified atom stereocenters. The van der Waals surface area contributed by atoms with Crippen LogP contribution in [-0.4, -0.2) is 10.9 Å². The van der Waals surface area contributed by atoms with Crippen LogP contribution < -0.4 is 10.1 Å². The molecule has 0 bridgehead atoms. The maximum atomic E-state index is 12.5. The molecule has 120 valence electrons. The number of aromatic nitrogens is 1. The molecule has 1 amide bonds. The molecule has 1 saturated carbocycles. The van der Waals surface area contributed by atoms with Crippen molar-refractivity contribution in [2.45, 2.75) is 18.8 Å². The van der Waals surface area contributed by atoms with E-state index < -0.39 is 0 Å². The maximum absolute atomic E-state index is 12.5. The molecular weight excluding hydrogens is 320 g/mol. The summed E-state index contributed by atoms with van der Waals surface area (Å²) in [4.78, 5) is 17.5. The van der Waals surface area contributed by atoms with Crippen molar-refractivity contribution in [3.8, 4) is 11.5 Å². The molecule has 1 aliphatic rings. The van der Waals surface area contributed by atoms with Gasteiger partial charge in [-0.05, 0) is 37.1 Å². The number of rotatable bonds is 5. The van der Waals surface area contributed by atoms with Gasteiger partial charge in [-0.25, -0.2) is 4.98 Å². The third-order valence-electron chi connectivity index (χ3n) is 3.78. The zero-order valence-electron chi connectivity index (χ0n) is 12.9. The van der Waals surface area contributed by atoms with Crippen LogP contribution in [0.2, 0.25) is 0 Å². The van der Waals surface area contributed by atoms with E-state index in [1.54, 1.807) is 6.20 Å². The fraction of sp³-hybridized carbons (Fsp3) is 0.158. The maximum Gasteiger partial charge on any atom is 0.267 e. The monoisotopic (exact) mass is 336 g/mol. The van der Waals surface area contributed by atoms with E-state index in [1.165, 1.54) is 24.2 Å². The van der Waals surface area contributed by atoms with Gasteiger partial charge in [-0.15, -0.1) is 11.3 Å². The van der Waals surface area contributed by atoms with Crippen molar-refractivity contribution >= 4 is 22.9 Å². The van der Waals surface area contributed by atoms with Gasteiger partial charge in [-0.3, -0.25) is 4.79 Å². The molecule has 1 heterocycles. The zero-order chi connectivity index (χ0) is 16.4. The lowest BCUT2D eigenvalue weighted by atomic mass is 10.2. The number of thiazole rings is 1. The van der Waals surface area contributed by atoms with Crippen LogP contribution in [0.15, 0.2) is 60.8 Å². The average molecular weight is 336 g/mol. The SMILES string of the molecule is O=C(Nc1ccccc1Oc1ccccc1)c1cnc(C2CC2)s1. The number of nitrogens with zero attached hydrogens (tertiary/aromatic N) is 1. The van der Waals surface area contributed by atoms with Gasteiger partial charge in [0.2, 0.25) is 0 Å². The van der Waals surface area contributed by atoms with Crippen LogP contribution in [0.5, 0.6) is 11.5 Å². The summed E-state index contributed by atoms with van der Waals surface area (Å²) < 4.78 is 5.87. The van der Waals surface area contributed by atoms with Crippen molar-refractivity contribution in [3.05, 3.63) is 70.7 Å². The zero-order valence-corrected chi connectivity index (χ0v) is 13.8. The highest BCUT2D eigenvalue weighted by Gasteiger charge is 2.27. The molecule has 0 saturated heterocycles. The lowest BCUT2D eigenvalue weighted by Crippen LogP contribution is -2.10. The van der Waals surface area contributed by atoms with Gasteiger partial charge >= 0.3 is 0 Å². The third kappa shape index (κ3) is 3.31. The number of anilines is 1. The summed E-state index contributed by atoms with van der Waals surface area (Å²) in [6.45, 7) is 0. The normalized spacial score (nSPS) is 13.5. The Morgan fingerprint density at radius 2 is 1.83 bits per heavy atom. The molecule has 1 aliphatic carbocycles. The highest BCUT2D eigenvalue weighted by molar-refractivity contribution is 7.13. The molecule has 5 heteroatoms. The van der Waals surface area contributed by atoms with Crippen LogP contribution >= 0.6 is 11.3 Å². The van der Waals surface area contributed by atoms with Crippen LogP contribution in [-0.2, 0) is 0 Å². The number of para-hydroxylation sites is 3. The van der Waals surface area contributed by atoms with E-state index in [-0.39, 0.29) is 5.91 Å². The third-order valence-corrected chi connectivity index (χ3v) is 4.94. The van der Waals surface area contributed by atoms with Gasteiger partial charge < -0.3 is 10.1 Å². The van der Waals surface area contributed by atoms with E-state index in [1.807, 2.05) is 54.6 Å². The predicted octanol–water partition coefficient (Wildman–Crippen LogP) is 5.07. The largest absolute Gasteiger partial charge is 0.455 e. The van der Waals surface area contributed by atoms with Crippen LogP contribution in [0, 0.1) is 0 Å². The van der Waals surface area contributed by atoms with Crippen molar-refractivity contribution in [1.82, 2.24) is 4.98 Å². The number of carbonyl (C=O) groups excluding carboxylic acids is 1. The first-order valence-corrected chi connectivity index (χ1v) is 8.70. The summed E-state index contributed by atoms with van der Waals surface area (Å²) in [5.41, 5.74) is 0.646. The fourth-order valence-electron chi connectivity index (χ4n) is 2.37. The van der Waals surface area contributed by atoms with E-state index in [0.717, 1.165) is 10.8 Å². The molecule has 0 radical (unpaired) electrons. The smallest absolute Gasteiger partial charge is 0.267 e. The fourth-order valence-corrected chi connectivity index (χ4v) is 3.35. The van der Waals surface area contributed by atoms with Crippen molar-refractivity contribution in [1.29, 1.82) is 0 Å². The number of nitrogens with one attached hydrogen (secondary N) is 1. The minimum Gasteiger partial charge on any atom is -0.455 e. The Morgan fingerprint density at radius 3 is 2.62 bits per heavy atom. The highest BCUT2D eigenvalue weighted by atomic mass is 32.1. The van der Waals surface area contributed by atoms with Gasteiger partial charge in [0.1, 0.15) is 10.6 Å². The molecule has 0 spiro atoms. The van der Waals surface area contributed by atoms with Crippen LogP contribution in [0.3, 0.4) is 0 Å². The Morgan fingerprint density at radius 1 is 1.08 bits per heavy atom.